The third kappa shape index (κ3) is 3.45. The summed E-state index contributed by atoms with van der Waals surface area (Å²) in [5, 5.41) is 0. The van der Waals surface area contributed by atoms with E-state index in [1.807, 2.05) is 18.3 Å². The van der Waals surface area contributed by atoms with E-state index in [4.69, 9.17) is 4.74 Å². The van der Waals surface area contributed by atoms with E-state index in [9.17, 15) is 0 Å². The molecule has 0 saturated carbocycles. The lowest BCUT2D eigenvalue weighted by molar-refractivity contribution is 0.308. The molecule has 2 aromatic heterocycles. The first-order chi connectivity index (χ1) is 13.1. The highest BCUT2D eigenvalue weighted by Crippen LogP contribution is 2.32. The van der Waals surface area contributed by atoms with Crippen LogP contribution in [0.4, 0.5) is 0 Å². The first kappa shape index (κ1) is 17.3. The van der Waals surface area contributed by atoms with Crippen molar-refractivity contribution < 1.29 is 4.74 Å². The normalized spacial score (nSPS) is 11.1. The minimum absolute atomic E-state index is 0.551. The van der Waals surface area contributed by atoms with Gasteiger partial charge in [0.2, 0.25) is 0 Å². The molecule has 0 saturated heterocycles. The van der Waals surface area contributed by atoms with Gasteiger partial charge in [-0.3, -0.25) is 4.98 Å². The molecule has 0 atom stereocenters. The van der Waals surface area contributed by atoms with Crippen LogP contribution in [0.3, 0.4) is 0 Å². The summed E-state index contributed by atoms with van der Waals surface area (Å²) in [5.74, 6) is 0.883. The molecule has 0 unspecified atom stereocenters. The number of fused-ring (bicyclic) bond motifs is 1. The second kappa shape index (κ2) is 7.28. The number of rotatable bonds is 5. The molecule has 3 nitrogen and oxygen atoms in total. The Labute approximate surface area is 160 Å². The molecule has 2 heterocycles. The van der Waals surface area contributed by atoms with E-state index in [-0.39, 0.29) is 0 Å². The Bertz CT molecular complexity index is 1080. The molecule has 3 heteroatoms. The standard InChI is InChI=1S/C24H24N2O/c1-17-8-7-11-21(14-17)16-27-22-12-13-25-23-18(2)19(3)26(24(22)23)15-20-9-5-4-6-10-20/h4-14H,15-16H2,1-3H3. The van der Waals surface area contributed by atoms with Crippen LogP contribution in [0.25, 0.3) is 11.0 Å². The molecule has 0 radical (unpaired) electrons. The van der Waals surface area contributed by atoms with Gasteiger partial charge in [-0.05, 0) is 37.5 Å². The summed E-state index contributed by atoms with van der Waals surface area (Å²) in [6, 6.07) is 20.9. The third-order valence-corrected chi connectivity index (χ3v) is 5.12. The van der Waals surface area contributed by atoms with Crippen molar-refractivity contribution in [1.82, 2.24) is 9.55 Å². The van der Waals surface area contributed by atoms with Gasteiger partial charge in [0, 0.05) is 24.5 Å². The highest BCUT2D eigenvalue weighted by Gasteiger charge is 2.16. The van der Waals surface area contributed by atoms with E-state index in [0.29, 0.717) is 6.61 Å². The van der Waals surface area contributed by atoms with Gasteiger partial charge < -0.3 is 9.30 Å². The number of pyridine rings is 1. The van der Waals surface area contributed by atoms with E-state index in [2.05, 4.69) is 78.9 Å². The van der Waals surface area contributed by atoms with Gasteiger partial charge in [0.1, 0.15) is 17.9 Å². The maximum absolute atomic E-state index is 6.25. The summed E-state index contributed by atoms with van der Waals surface area (Å²) in [6.45, 7) is 7.76. The Balaban J connectivity index is 1.73. The molecule has 0 spiro atoms. The molecule has 4 aromatic rings. The lowest BCUT2D eigenvalue weighted by Crippen LogP contribution is -2.04. The first-order valence-electron chi connectivity index (χ1n) is 9.30. The minimum atomic E-state index is 0.551. The van der Waals surface area contributed by atoms with E-state index < -0.39 is 0 Å². The Morgan fingerprint density at radius 3 is 2.44 bits per heavy atom. The summed E-state index contributed by atoms with van der Waals surface area (Å²) in [6.07, 6.45) is 1.84. The van der Waals surface area contributed by atoms with Crippen molar-refractivity contribution >= 4 is 11.0 Å². The van der Waals surface area contributed by atoms with Crippen LogP contribution >= 0.6 is 0 Å². The van der Waals surface area contributed by atoms with Crippen LogP contribution in [0.2, 0.25) is 0 Å². The predicted octanol–water partition coefficient (Wildman–Crippen LogP) is 5.59. The largest absolute Gasteiger partial charge is 0.487 e. The second-order valence-corrected chi connectivity index (χ2v) is 7.07. The zero-order valence-electron chi connectivity index (χ0n) is 16.1. The van der Waals surface area contributed by atoms with Crippen molar-refractivity contribution in [2.75, 3.05) is 0 Å². The van der Waals surface area contributed by atoms with Crippen molar-refractivity contribution in [2.24, 2.45) is 0 Å². The fourth-order valence-electron chi connectivity index (χ4n) is 3.56. The number of hydrogen-bond donors (Lipinski definition) is 0. The molecular formula is C24H24N2O. The van der Waals surface area contributed by atoms with E-state index >= 15 is 0 Å². The topological polar surface area (TPSA) is 27.1 Å². The van der Waals surface area contributed by atoms with Crippen LogP contribution in [0.1, 0.15) is 27.9 Å². The monoisotopic (exact) mass is 356 g/mol. The minimum Gasteiger partial charge on any atom is -0.487 e. The highest BCUT2D eigenvalue weighted by atomic mass is 16.5. The van der Waals surface area contributed by atoms with Crippen molar-refractivity contribution in [1.29, 1.82) is 0 Å². The van der Waals surface area contributed by atoms with Crippen LogP contribution in [-0.2, 0) is 13.2 Å². The number of hydrogen-bond acceptors (Lipinski definition) is 2. The van der Waals surface area contributed by atoms with Gasteiger partial charge in [-0.1, -0.05) is 60.2 Å². The van der Waals surface area contributed by atoms with Crippen LogP contribution in [0, 0.1) is 20.8 Å². The van der Waals surface area contributed by atoms with Crippen LogP contribution in [0.5, 0.6) is 5.75 Å². The van der Waals surface area contributed by atoms with Crippen molar-refractivity contribution in [3.05, 3.63) is 94.8 Å². The summed E-state index contributed by atoms with van der Waals surface area (Å²) in [7, 11) is 0. The zero-order chi connectivity index (χ0) is 18.8. The second-order valence-electron chi connectivity index (χ2n) is 7.07. The first-order valence-corrected chi connectivity index (χ1v) is 9.30. The molecule has 0 N–H and O–H groups in total. The molecular weight excluding hydrogens is 332 g/mol. The van der Waals surface area contributed by atoms with Gasteiger partial charge >= 0.3 is 0 Å². The molecule has 0 fully saturated rings. The fourth-order valence-corrected chi connectivity index (χ4v) is 3.56. The van der Waals surface area contributed by atoms with Crippen LogP contribution < -0.4 is 4.74 Å². The van der Waals surface area contributed by atoms with Gasteiger partial charge in [0.05, 0.1) is 5.52 Å². The highest BCUT2D eigenvalue weighted by molar-refractivity contribution is 5.86. The Morgan fingerprint density at radius 1 is 0.889 bits per heavy atom. The van der Waals surface area contributed by atoms with E-state index in [1.54, 1.807) is 0 Å². The van der Waals surface area contributed by atoms with E-state index in [1.165, 1.54) is 27.9 Å². The fraction of sp³-hybridized carbons (Fsp3) is 0.208. The van der Waals surface area contributed by atoms with Crippen LogP contribution in [0.15, 0.2) is 66.9 Å². The number of benzene rings is 2. The molecule has 0 amide bonds. The molecule has 0 aliphatic rings. The molecule has 27 heavy (non-hydrogen) atoms. The average Bonchev–Trinajstić information content (AvgIpc) is 2.93. The Morgan fingerprint density at radius 2 is 1.67 bits per heavy atom. The summed E-state index contributed by atoms with van der Waals surface area (Å²) < 4.78 is 8.56. The lowest BCUT2D eigenvalue weighted by Gasteiger charge is -2.13. The van der Waals surface area contributed by atoms with Gasteiger partial charge in [0.25, 0.3) is 0 Å². The number of ether oxygens (including phenoxy) is 1. The van der Waals surface area contributed by atoms with Gasteiger partial charge in [0.15, 0.2) is 0 Å². The van der Waals surface area contributed by atoms with Gasteiger partial charge in [-0.25, -0.2) is 0 Å². The molecule has 136 valence electrons. The van der Waals surface area contributed by atoms with Gasteiger partial charge in [-0.15, -0.1) is 0 Å². The van der Waals surface area contributed by atoms with Crippen LogP contribution in [-0.4, -0.2) is 9.55 Å². The SMILES string of the molecule is Cc1cccc(COc2ccnc3c(C)c(C)n(Cc4ccccc4)c23)c1. The smallest absolute Gasteiger partial charge is 0.147 e. The van der Waals surface area contributed by atoms with Crippen molar-refractivity contribution in [3.63, 3.8) is 0 Å². The molecule has 0 aliphatic carbocycles. The summed E-state index contributed by atoms with van der Waals surface area (Å²) in [5.41, 5.74) is 8.22. The maximum Gasteiger partial charge on any atom is 0.147 e. The number of aryl methyl sites for hydroxylation is 2. The Kier molecular flexibility index (Phi) is 4.68. The predicted molar refractivity (Wildman–Crippen MR) is 110 cm³/mol. The number of nitrogens with zero attached hydrogens (tertiary/aromatic N) is 2. The zero-order valence-corrected chi connectivity index (χ0v) is 16.1. The Hall–Kier alpha value is -3.07. The molecule has 4 rings (SSSR count). The lowest BCUT2D eigenvalue weighted by atomic mass is 10.1. The number of aromatic nitrogens is 2. The van der Waals surface area contributed by atoms with E-state index in [0.717, 1.165) is 23.3 Å². The van der Waals surface area contributed by atoms with Crippen molar-refractivity contribution in [2.45, 2.75) is 33.9 Å². The third-order valence-electron chi connectivity index (χ3n) is 5.12. The summed E-state index contributed by atoms with van der Waals surface area (Å²) in [4.78, 5) is 4.63. The quantitative estimate of drug-likeness (QED) is 0.466. The molecule has 0 aliphatic heterocycles. The maximum atomic E-state index is 6.25. The van der Waals surface area contributed by atoms with Gasteiger partial charge in [-0.2, -0.15) is 0 Å². The molecule has 2 aromatic carbocycles. The van der Waals surface area contributed by atoms with Crippen molar-refractivity contribution in [3.8, 4) is 5.75 Å². The average molecular weight is 356 g/mol. The summed E-state index contributed by atoms with van der Waals surface area (Å²) >= 11 is 0. The molecule has 0 bridgehead atoms.